The van der Waals surface area contributed by atoms with Gasteiger partial charge in [0.25, 0.3) is 5.91 Å². The average molecular weight is 279 g/mol. The molecule has 1 fully saturated rings. The third-order valence-electron chi connectivity index (χ3n) is 3.09. The van der Waals surface area contributed by atoms with Gasteiger partial charge in [0.05, 0.1) is 25.4 Å². The van der Waals surface area contributed by atoms with Crippen LogP contribution < -0.4 is 4.74 Å². The number of carbonyl (C=O) groups is 2. The Morgan fingerprint density at radius 2 is 2.20 bits per heavy atom. The van der Waals surface area contributed by atoms with Crippen molar-refractivity contribution in [2.24, 2.45) is 0 Å². The van der Waals surface area contributed by atoms with E-state index in [1.807, 2.05) is 6.92 Å². The number of carbonyl (C=O) groups excluding carboxylic acids is 1. The molecular weight excluding hydrogens is 262 g/mol. The van der Waals surface area contributed by atoms with E-state index in [4.69, 9.17) is 9.47 Å². The summed E-state index contributed by atoms with van der Waals surface area (Å²) in [7, 11) is 0. The van der Waals surface area contributed by atoms with Gasteiger partial charge < -0.3 is 19.5 Å². The van der Waals surface area contributed by atoms with Gasteiger partial charge in [0.15, 0.2) is 6.04 Å². The minimum absolute atomic E-state index is 0.0118. The van der Waals surface area contributed by atoms with Crippen LogP contribution in [0.25, 0.3) is 0 Å². The maximum Gasteiger partial charge on any atom is 0.328 e. The Balaban J connectivity index is 2.27. The largest absolute Gasteiger partial charge is 0.493 e. The zero-order valence-corrected chi connectivity index (χ0v) is 11.2. The SMILES string of the molecule is CCOc1ccccc1C(=O)N1CCOCC1C(=O)O. The van der Waals surface area contributed by atoms with Crippen LogP contribution in [0.3, 0.4) is 0 Å². The highest BCUT2D eigenvalue weighted by Crippen LogP contribution is 2.22. The topological polar surface area (TPSA) is 76.1 Å². The summed E-state index contributed by atoms with van der Waals surface area (Å²) >= 11 is 0. The lowest BCUT2D eigenvalue weighted by molar-refractivity contribution is -0.147. The lowest BCUT2D eigenvalue weighted by Crippen LogP contribution is -2.52. The van der Waals surface area contributed by atoms with Gasteiger partial charge in [-0.05, 0) is 19.1 Å². The Hall–Kier alpha value is -2.08. The summed E-state index contributed by atoms with van der Waals surface area (Å²) in [5.74, 6) is -0.938. The van der Waals surface area contributed by atoms with E-state index in [9.17, 15) is 14.7 Å². The van der Waals surface area contributed by atoms with Crippen LogP contribution >= 0.6 is 0 Å². The first-order chi connectivity index (χ1) is 9.65. The van der Waals surface area contributed by atoms with Crippen molar-refractivity contribution in [1.82, 2.24) is 4.90 Å². The van der Waals surface area contributed by atoms with Crippen LogP contribution in [0, 0.1) is 0 Å². The molecule has 0 saturated carbocycles. The van der Waals surface area contributed by atoms with Crippen molar-refractivity contribution in [1.29, 1.82) is 0 Å². The highest BCUT2D eigenvalue weighted by molar-refractivity contribution is 5.99. The van der Waals surface area contributed by atoms with Gasteiger partial charge in [-0.25, -0.2) is 4.79 Å². The fraction of sp³-hybridized carbons (Fsp3) is 0.429. The number of hydrogen-bond donors (Lipinski definition) is 1. The summed E-state index contributed by atoms with van der Waals surface area (Å²) in [5, 5.41) is 9.17. The monoisotopic (exact) mass is 279 g/mol. The van der Waals surface area contributed by atoms with Crippen LogP contribution in [0.15, 0.2) is 24.3 Å². The molecule has 1 N–H and O–H groups in total. The van der Waals surface area contributed by atoms with Crippen molar-refractivity contribution >= 4 is 11.9 Å². The molecule has 1 unspecified atom stereocenters. The molecule has 1 aliphatic heterocycles. The van der Waals surface area contributed by atoms with Gasteiger partial charge in [0, 0.05) is 6.54 Å². The Morgan fingerprint density at radius 1 is 1.45 bits per heavy atom. The van der Waals surface area contributed by atoms with Crippen LogP contribution in [0.1, 0.15) is 17.3 Å². The number of hydrogen-bond acceptors (Lipinski definition) is 4. The zero-order chi connectivity index (χ0) is 14.5. The number of ether oxygens (including phenoxy) is 2. The van der Waals surface area contributed by atoms with Crippen molar-refractivity contribution in [2.75, 3.05) is 26.4 Å². The fourth-order valence-corrected chi connectivity index (χ4v) is 2.13. The molecular formula is C14H17NO5. The molecule has 1 aromatic carbocycles. The number of benzene rings is 1. The van der Waals surface area contributed by atoms with Gasteiger partial charge >= 0.3 is 5.97 Å². The van der Waals surface area contributed by atoms with E-state index < -0.39 is 12.0 Å². The third kappa shape index (κ3) is 2.91. The molecule has 0 spiro atoms. The van der Waals surface area contributed by atoms with Gasteiger partial charge in [-0.1, -0.05) is 12.1 Å². The second-order valence-electron chi connectivity index (χ2n) is 4.36. The predicted octanol–water partition coefficient (Wildman–Crippen LogP) is 1.01. The van der Waals surface area contributed by atoms with E-state index in [2.05, 4.69) is 0 Å². The zero-order valence-electron chi connectivity index (χ0n) is 11.2. The smallest absolute Gasteiger partial charge is 0.328 e. The Kier molecular flexibility index (Phi) is 4.57. The number of carboxylic acid groups (broad SMARTS) is 1. The first-order valence-corrected chi connectivity index (χ1v) is 6.48. The highest BCUT2D eigenvalue weighted by Gasteiger charge is 2.34. The molecule has 20 heavy (non-hydrogen) atoms. The van der Waals surface area contributed by atoms with Crippen LogP contribution in [0.2, 0.25) is 0 Å². The van der Waals surface area contributed by atoms with Gasteiger partial charge in [-0.3, -0.25) is 4.79 Å². The molecule has 1 atom stereocenters. The molecule has 108 valence electrons. The highest BCUT2D eigenvalue weighted by atomic mass is 16.5. The number of nitrogens with zero attached hydrogens (tertiary/aromatic N) is 1. The standard InChI is InChI=1S/C14H17NO5/c1-2-20-12-6-4-3-5-10(12)13(16)15-7-8-19-9-11(15)14(17)18/h3-6,11H,2,7-9H2,1H3,(H,17,18). The molecule has 1 aliphatic rings. The molecule has 2 rings (SSSR count). The van der Waals surface area contributed by atoms with Crippen molar-refractivity contribution in [2.45, 2.75) is 13.0 Å². The average Bonchev–Trinajstić information content (AvgIpc) is 2.47. The first kappa shape index (κ1) is 14.3. The molecule has 0 bridgehead atoms. The van der Waals surface area contributed by atoms with Crippen LogP contribution in [0.5, 0.6) is 5.75 Å². The van der Waals surface area contributed by atoms with Crippen molar-refractivity contribution < 1.29 is 24.2 Å². The first-order valence-electron chi connectivity index (χ1n) is 6.48. The molecule has 0 radical (unpaired) electrons. The number of morpholine rings is 1. The lowest BCUT2D eigenvalue weighted by Gasteiger charge is -2.33. The normalized spacial score (nSPS) is 18.6. The summed E-state index contributed by atoms with van der Waals surface area (Å²) in [5.41, 5.74) is 0.377. The summed E-state index contributed by atoms with van der Waals surface area (Å²) in [6, 6.07) is 5.89. The maximum atomic E-state index is 12.5. The number of amides is 1. The van der Waals surface area contributed by atoms with Gasteiger partial charge in [-0.15, -0.1) is 0 Å². The Labute approximate surface area is 116 Å². The molecule has 0 aliphatic carbocycles. The molecule has 1 saturated heterocycles. The van der Waals surface area contributed by atoms with E-state index in [1.165, 1.54) is 4.90 Å². The van der Waals surface area contributed by atoms with E-state index in [0.717, 1.165) is 0 Å². The minimum Gasteiger partial charge on any atom is -0.493 e. The molecule has 1 amide bonds. The van der Waals surface area contributed by atoms with Crippen LogP contribution in [-0.2, 0) is 9.53 Å². The van der Waals surface area contributed by atoms with Gasteiger partial charge in [-0.2, -0.15) is 0 Å². The lowest BCUT2D eigenvalue weighted by atomic mass is 10.1. The van der Waals surface area contributed by atoms with Crippen LogP contribution in [0.4, 0.5) is 0 Å². The van der Waals surface area contributed by atoms with Crippen molar-refractivity contribution in [3.63, 3.8) is 0 Å². The Morgan fingerprint density at radius 3 is 2.90 bits per heavy atom. The minimum atomic E-state index is -1.06. The fourth-order valence-electron chi connectivity index (χ4n) is 2.13. The van der Waals surface area contributed by atoms with Gasteiger partial charge in [0.2, 0.25) is 0 Å². The quantitative estimate of drug-likeness (QED) is 0.890. The summed E-state index contributed by atoms with van der Waals surface area (Å²) in [4.78, 5) is 25.1. The summed E-state index contributed by atoms with van der Waals surface area (Å²) in [6.45, 7) is 2.88. The van der Waals surface area contributed by atoms with Crippen LogP contribution in [-0.4, -0.2) is 54.3 Å². The second-order valence-corrected chi connectivity index (χ2v) is 4.36. The Bertz CT molecular complexity index is 502. The van der Waals surface area contributed by atoms with E-state index in [0.29, 0.717) is 24.5 Å². The van der Waals surface area contributed by atoms with E-state index in [-0.39, 0.29) is 19.1 Å². The predicted molar refractivity (Wildman–Crippen MR) is 70.9 cm³/mol. The molecule has 0 aromatic heterocycles. The molecule has 1 heterocycles. The number of carboxylic acids is 1. The summed E-state index contributed by atoms with van der Waals surface area (Å²) < 4.78 is 10.5. The molecule has 6 nitrogen and oxygen atoms in total. The van der Waals surface area contributed by atoms with E-state index in [1.54, 1.807) is 24.3 Å². The van der Waals surface area contributed by atoms with Crippen molar-refractivity contribution in [3.8, 4) is 5.75 Å². The molecule has 1 aromatic rings. The number of para-hydroxylation sites is 1. The summed E-state index contributed by atoms with van der Waals surface area (Å²) in [6.07, 6.45) is 0. The van der Waals surface area contributed by atoms with Crippen molar-refractivity contribution in [3.05, 3.63) is 29.8 Å². The molecule has 6 heteroatoms. The number of rotatable bonds is 4. The maximum absolute atomic E-state index is 12.5. The second kappa shape index (κ2) is 6.38. The van der Waals surface area contributed by atoms with E-state index >= 15 is 0 Å². The third-order valence-corrected chi connectivity index (χ3v) is 3.09. The van der Waals surface area contributed by atoms with Gasteiger partial charge in [0.1, 0.15) is 5.75 Å². The number of aliphatic carboxylic acids is 1.